The summed E-state index contributed by atoms with van der Waals surface area (Å²) >= 11 is 0. The minimum atomic E-state index is -4.47. The number of hydrogen-bond donors (Lipinski definition) is 1. The van der Waals surface area contributed by atoms with Gasteiger partial charge in [0, 0.05) is 12.3 Å². The summed E-state index contributed by atoms with van der Waals surface area (Å²) in [6.07, 6.45) is -5.09. The van der Waals surface area contributed by atoms with Crippen LogP contribution in [0, 0.1) is 5.92 Å². The fourth-order valence-corrected chi connectivity index (χ4v) is 0.568. The second-order valence-electron chi connectivity index (χ2n) is 2.97. The molecule has 0 aliphatic carbocycles. The highest BCUT2D eigenvalue weighted by atomic mass is 19.4. The van der Waals surface area contributed by atoms with Gasteiger partial charge in [0.2, 0.25) is 0 Å². The third-order valence-corrected chi connectivity index (χ3v) is 1.49. The lowest BCUT2D eigenvalue weighted by molar-refractivity contribution is -0.154. The van der Waals surface area contributed by atoms with Crippen molar-refractivity contribution in [2.24, 2.45) is 11.7 Å². The maximum Gasteiger partial charge on any atom is 0.404 e. The smallest absolute Gasteiger partial charge is 0.320 e. The quantitative estimate of drug-likeness (QED) is 0.720. The number of carbonyl (C=O) groups excluding carboxylic acids is 1. The molecule has 5 heteroatoms. The van der Waals surface area contributed by atoms with Crippen LogP contribution in [0.2, 0.25) is 0 Å². The molecule has 0 rings (SSSR count). The van der Waals surface area contributed by atoms with Crippen LogP contribution in [-0.4, -0.2) is 18.0 Å². The summed E-state index contributed by atoms with van der Waals surface area (Å²) in [7, 11) is 0. The van der Waals surface area contributed by atoms with Gasteiger partial charge in [-0.3, -0.25) is 4.79 Å². The molecule has 72 valence electrons. The lowest BCUT2D eigenvalue weighted by atomic mass is 10.0. The summed E-state index contributed by atoms with van der Waals surface area (Å²) in [6, 6.07) is -2.02. The largest absolute Gasteiger partial charge is 0.404 e. The van der Waals surface area contributed by atoms with E-state index >= 15 is 0 Å². The number of halogens is 3. The molecule has 0 aromatic carbocycles. The first-order valence-electron chi connectivity index (χ1n) is 3.60. The number of alkyl halides is 3. The molecular weight excluding hydrogens is 171 g/mol. The fourth-order valence-electron chi connectivity index (χ4n) is 0.568. The summed E-state index contributed by atoms with van der Waals surface area (Å²) in [6.45, 7) is 3.09. The Labute approximate surface area is 68.9 Å². The monoisotopic (exact) mass is 183 g/mol. The number of hydrogen-bond acceptors (Lipinski definition) is 2. The van der Waals surface area contributed by atoms with Gasteiger partial charge in [-0.2, -0.15) is 13.2 Å². The van der Waals surface area contributed by atoms with E-state index < -0.39 is 30.3 Å². The Bertz CT molecular complexity index is 165. The lowest BCUT2D eigenvalue weighted by Crippen LogP contribution is -2.39. The molecule has 12 heavy (non-hydrogen) atoms. The Kier molecular flexibility index (Phi) is 3.70. The highest BCUT2D eigenvalue weighted by molar-refractivity contribution is 5.80. The third kappa shape index (κ3) is 3.71. The van der Waals surface area contributed by atoms with E-state index in [1.165, 1.54) is 0 Å². The molecule has 0 heterocycles. The van der Waals surface area contributed by atoms with E-state index in [0.717, 1.165) is 0 Å². The standard InChI is InChI=1S/C7H12F3NO/c1-4(2)5(12)3-6(11)7(8,9)10/h4,6H,3,11H2,1-2H3. The molecule has 0 aliphatic heterocycles. The van der Waals surface area contributed by atoms with Crippen molar-refractivity contribution in [1.29, 1.82) is 0 Å². The number of carbonyl (C=O) groups is 1. The van der Waals surface area contributed by atoms with Gasteiger partial charge in [-0.25, -0.2) is 0 Å². The number of ketones is 1. The number of Topliss-reactive ketones (excluding diaryl/α,β-unsaturated/α-hetero) is 1. The Balaban J connectivity index is 4.02. The average Bonchev–Trinajstić information content (AvgIpc) is 1.85. The molecule has 0 spiro atoms. The SMILES string of the molecule is CC(C)C(=O)CC(N)C(F)(F)F. The van der Waals surface area contributed by atoms with Crippen molar-refractivity contribution >= 4 is 5.78 Å². The summed E-state index contributed by atoms with van der Waals surface area (Å²) in [5.41, 5.74) is 4.74. The molecule has 1 atom stereocenters. The zero-order chi connectivity index (χ0) is 9.94. The number of nitrogens with two attached hydrogens (primary N) is 1. The molecule has 0 fully saturated rings. The summed E-state index contributed by atoms with van der Waals surface area (Å²) in [5, 5.41) is 0. The lowest BCUT2D eigenvalue weighted by Gasteiger charge is -2.15. The van der Waals surface area contributed by atoms with Crippen LogP contribution in [0.3, 0.4) is 0 Å². The predicted octanol–water partition coefficient (Wildman–Crippen LogP) is 1.49. The minimum absolute atomic E-state index is 0.390. The van der Waals surface area contributed by atoms with Crippen LogP contribution in [0.25, 0.3) is 0 Å². The highest BCUT2D eigenvalue weighted by Gasteiger charge is 2.37. The molecule has 0 bridgehead atoms. The van der Waals surface area contributed by atoms with E-state index in [0.29, 0.717) is 0 Å². The van der Waals surface area contributed by atoms with Crippen molar-refractivity contribution in [3.63, 3.8) is 0 Å². The zero-order valence-electron chi connectivity index (χ0n) is 6.98. The van der Waals surface area contributed by atoms with Crippen LogP contribution in [-0.2, 0) is 4.79 Å². The van der Waals surface area contributed by atoms with E-state index in [1.54, 1.807) is 13.8 Å². The molecule has 0 aliphatic rings. The first-order valence-corrected chi connectivity index (χ1v) is 3.60. The van der Waals surface area contributed by atoms with Crippen LogP contribution < -0.4 is 5.73 Å². The Hall–Kier alpha value is -0.580. The van der Waals surface area contributed by atoms with Gasteiger partial charge in [-0.05, 0) is 0 Å². The summed E-state index contributed by atoms with van der Waals surface area (Å²) in [5.74, 6) is -0.849. The summed E-state index contributed by atoms with van der Waals surface area (Å²) < 4.78 is 35.4. The number of rotatable bonds is 3. The Morgan fingerprint density at radius 1 is 1.42 bits per heavy atom. The Morgan fingerprint density at radius 2 is 1.83 bits per heavy atom. The topological polar surface area (TPSA) is 43.1 Å². The third-order valence-electron chi connectivity index (χ3n) is 1.49. The van der Waals surface area contributed by atoms with Crippen LogP contribution in [0.5, 0.6) is 0 Å². The van der Waals surface area contributed by atoms with Gasteiger partial charge in [0.25, 0.3) is 0 Å². The Morgan fingerprint density at radius 3 is 2.08 bits per heavy atom. The second-order valence-corrected chi connectivity index (χ2v) is 2.97. The minimum Gasteiger partial charge on any atom is -0.320 e. The zero-order valence-corrected chi connectivity index (χ0v) is 6.98. The molecule has 0 saturated carbocycles. The van der Waals surface area contributed by atoms with Crippen molar-refractivity contribution in [2.45, 2.75) is 32.5 Å². The van der Waals surface area contributed by atoms with Crippen LogP contribution in [0.15, 0.2) is 0 Å². The van der Waals surface area contributed by atoms with E-state index in [4.69, 9.17) is 5.73 Å². The van der Waals surface area contributed by atoms with E-state index in [1.807, 2.05) is 0 Å². The molecule has 0 amide bonds. The maximum absolute atomic E-state index is 11.8. The summed E-state index contributed by atoms with van der Waals surface area (Å²) in [4.78, 5) is 10.8. The van der Waals surface area contributed by atoms with E-state index in [2.05, 4.69) is 0 Å². The van der Waals surface area contributed by atoms with Crippen LogP contribution in [0.1, 0.15) is 20.3 Å². The highest BCUT2D eigenvalue weighted by Crippen LogP contribution is 2.21. The molecule has 2 nitrogen and oxygen atoms in total. The van der Waals surface area contributed by atoms with Crippen molar-refractivity contribution in [3.8, 4) is 0 Å². The normalized spacial score (nSPS) is 14.9. The second kappa shape index (κ2) is 3.89. The first-order chi connectivity index (χ1) is 5.25. The van der Waals surface area contributed by atoms with Crippen molar-refractivity contribution in [2.75, 3.05) is 0 Å². The van der Waals surface area contributed by atoms with Gasteiger partial charge in [0.15, 0.2) is 0 Å². The molecule has 0 radical (unpaired) electrons. The van der Waals surface area contributed by atoms with Crippen molar-refractivity contribution in [3.05, 3.63) is 0 Å². The molecular formula is C7H12F3NO. The van der Waals surface area contributed by atoms with Gasteiger partial charge in [-0.15, -0.1) is 0 Å². The maximum atomic E-state index is 11.8. The fraction of sp³-hybridized carbons (Fsp3) is 0.857. The van der Waals surface area contributed by atoms with E-state index in [-0.39, 0.29) is 0 Å². The van der Waals surface area contributed by atoms with Gasteiger partial charge in [0.05, 0.1) is 0 Å². The average molecular weight is 183 g/mol. The first kappa shape index (κ1) is 11.4. The molecule has 2 N–H and O–H groups in total. The van der Waals surface area contributed by atoms with Crippen molar-refractivity contribution < 1.29 is 18.0 Å². The van der Waals surface area contributed by atoms with Crippen LogP contribution >= 0.6 is 0 Å². The molecule has 1 unspecified atom stereocenters. The molecule has 0 aromatic heterocycles. The van der Waals surface area contributed by atoms with Crippen molar-refractivity contribution in [1.82, 2.24) is 0 Å². The van der Waals surface area contributed by atoms with Gasteiger partial charge in [-0.1, -0.05) is 13.8 Å². The van der Waals surface area contributed by atoms with Gasteiger partial charge >= 0.3 is 6.18 Å². The van der Waals surface area contributed by atoms with Gasteiger partial charge in [0.1, 0.15) is 11.8 Å². The van der Waals surface area contributed by atoms with Crippen LogP contribution in [0.4, 0.5) is 13.2 Å². The molecule has 0 saturated heterocycles. The predicted molar refractivity (Wildman–Crippen MR) is 38.5 cm³/mol. The van der Waals surface area contributed by atoms with E-state index in [9.17, 15) is 18.0 Å². The van der Waals surface area contributed by atoms with Gasteiger partial charge < -0.3 is 5.73 Å². The molecule has 0 aromatic rings.